The Hall–Kier alpha value is -2.75. The molecule has 0 saturated heterocycles. The number of fused-ring (bicyclic) bond motifs is 1. The highest BCUT2D eigenvalue weighted by molar-refractivity contribution is 5.94. The van der Waals surface area contributed by atoms with Crippen LogP contribution in [0.25, 0.3) is 10.9 Å². The predicted octanol–water partition coefficient (Wildman–Crippen LogP) is 3.82. The molecule has 4 nitrogen and oxygen atoms in total. The van der Waals surface area contributed by atoms with Gasteiger partial charge in [-0.2, -0.15) is 0 Å². The monoisotopic (exact) mass is 309 g/mol. The lowest BCUT2D eigenvalue weighted by Crippen LogP contribution is -2.08. The summed E-state index contributed by atoms with van der Waals surface area (Å²) in [5, 5.41) is 1.09. The maximum atomic E-state index is 11.7. The summed E-state index contributed by atoms with van der Waals surface area (Å²) < 4.78 is 12.7. The molecule has 2 aromatic carbocycles. The molecule has 0 spiro atoms. The molecule has 1 aromatic heterocycles. The minimum Gasteiger partial charge on any atom is -0.491 e. The summed E-state index contributed by atoms with van der Waals surface area (Å²) in [6.45, 7) is 3.31. The fourth-order valence-electron chi connectivity index (χ4n) is 2.60. The van der Waals surface area contributed by atoms with Gasteiger partial charge in [0.15, 0.2) is 0 Å². The van der Waals surface area contributed by atoms with Gasteiger partial charge in [0.1, 0.15) is 12.4 Å². The van der Waals surface area contributed by atoms with Crippen molar-refractivity contribution in [3.63, 3.8) is 0 Å². The van der Waals surface area contributed by atoms with E-state index in [2.05, 4.69) is 4.57 Å². The van der Waals surface area contributed by atoms with Gasteiger partial charge in [0.25, 0.3) is 0 Å². The largest absolute Gasteiger partial charge is 0.491 e. The highest BCUT2D eigenvalue weighted by Gasteiger charge is 2.08. The second kappa shape index (κ2) is 6.57. The van der Waals surface area contributed by atoms with Crippen LogP contribution in [-0.4, -0.2) is 24.3 Å². The number of para-hydroxylation sites is 1. The average Bonchev–Trinajstić information content (AvgIpc) is 2.98. The molecule has 0 unspecified atom stereocenters. The zero-order valence-electron chi connectivity index (χ0n) is 13.3. The van der Waals surface area contributed by atoms with Crippen molar-refractivity contribution in [2.75, 3.05) is 13.7 Å². The van der Waals surface area contributed by atoms with E-state index >= 15 is 0 Å². The molecule has 0 atom stereocenters. The maximum Gasteiger partial charge on any atom is 0.337 e. The van der Waals surface area contributed by atoms with Crippen molar-refractivity contribution in [2.45, 2.75) is 13.5 Å². The molecule has 0 saturated carbocycles. The van der Waals surface area contributed by atoms with Crippen LogP contribution in [0.4, 0.5) is 0 Å². The lowest BCUT2D eigenvalue weighted by molar-refractivity contribution is 0.0601. The first-order valence-electron chi connectivity index (χ1n) is 7.54. The maximum absolute atomic E-state index is 11.7. The van der Waals surface area contributed by atoms with Gasteiger partial charge in [-0.1, -0.05) is 24.3 Å². The Kier molecular flexibility index (Phi) is 4.33. The van der Waals surface area contributed by atoms with Crippen LogP contribution in [0.2, 0.25) is 0 Å². The van der Waals surface area contributed by atoms with Crippen LogP contribution in [-0.2, 0) is 11.3 Å². The van der Waals surface area contributed by atoms with E-state index in [9.17, 15) is 4.79 Å². The Bertz CT molecular complexity index is 836. The fraction of sp³-hybridized carbons (Fsp3) is 0.211. The van der Waals surface area contributed by atoms with Crippen LogP contribution in [0.3, 0.4) is 0 Å². The van der Waals surface area contributed by atoms with E-state index in [4.69, 9.17) is 9.47 Å². The summed E-state index contributed by atoms with van der Waals surface area (Å²) in [7, 11) is 1.39. The first-order chi connectivity index (χ1) is 11.2. The summed E-state index contributed by atoms with van der Waals surface area (Å²) >= 11 is 0. The smallest absolute Gasteiger partial charge is 0.337 e. The number of carbonyl (C=O) groups excluding carboxylic acids is 1. The Labute approximate surface area is 135 Å². The third-order valence-corrected chi connectivity index (χ3v) is 3.88. The number of ether oxygens (including phenoxy) is 2. The number of aryl methyl sites for hydroxylation is 1. The van der Waals surface area contributed by atoms with E-state index in [-0.39, 0.29) is 5.97 Å². The average molecular weight is 309 g/mol. The fourth-order valence-corrected chi connectivity index (χ4v) is 2.60. The number of esters is 1. The van der Waals surface area contributed by atoms with Gasteiger partial charge in [-0.3, -0.25) is 0 Å². The second-order valence-corrected chi connectivity index (χ2v) is 5.39. The second-order valence-electron chi connectivity index (χ2n) is 5.39. The number of methoxy groups -OCH3 is 1. The number of nitrogens with zero attached hydrogens (tertiary/aromatic N) is 1. The van der Waals surface area contributed by atoms with E-state index in [0.29, 0.717) is 18.7 Å². The first-order valence-corrected chi connectivity index (χ1v) is 7.54. The van der Waals surface area contributed by atoms with E-state index in [1.54, 1.807) is 6.07 Å². The molecule has 0 amide bonds. The lowest BCUT2D eigenvalue weighted by atomic mass is 10.1. The molecule has 0 bridgehead atoms. The molecule has 118 valence electrons. The molecule has 3 rings (SSSR count). The van der Waals surface area contributed by atoms with Gasteiger partial charge in [0.2, 0.25) is 0 Å². The SMILES string of the molecule is COC(=O)c1ccc2ccn(CCOc3ccccc3C)c2c1. The molecule has 0 radical (unpaired) electrons. The van der Waals surface area contributed by atoms with Crippen molar-refractivity contribution in [1.29, 1.82) is 0 Å². The molecule has 1 heterocycles. The third kappa shape index (κ3) is 3.21. The van der Waals surface area contributed by atoms with Gasteiger partial charge < -0.3 is 14.0 Å². The number of aromatic nitrogens is 1. The molecule has 0 aliphatic heterocycles. The highest BCUT2D eigenvalue weighted by Crippen LogP contribution is 2.19. The van der Waals surface area contributed by atoms with Gasteiger partial charge in [-0.25, -0.2) is 4.79 Å². The van der Waals surface area contributed by atoms with Crippen LogP contribution in [0.1, 0.15) is 15.9 Å². The zero-order valence-corrected chi connectivity index (χ0v) is 13.3. The highest BCUT2D eigenvalue weighted by atomic mass is 16.5. The Morgan fingerprint density at radius 1 is 1.13 bits per heavy atom. The molecular formula is C19H19NO3. The van der Waals surface area contributed by atoms with Gasteiger partial charge in [-0.05, 0) is 42.1 Å². The van der Waals surface area contributed by atoms with Crippen molar-refractivity contribution in [3.8, 4) is 5.75 Å². The third-order valence-electron chi connectivity index (χ3n) is 3.88. The number of benzene rings is 2. The van der Waals surface area contributed by atoms with Crippen molar-refractivity contribution in [3.05, 3.63) is 65.9 Å². The van der Waals surface area contributed by atoms with Crippen LogP contribution >= 0.6 is 0 Å². The van der Waals surface area contributed by atoms with Crippen LogP contribution in [0.5, 0.6) is 5.75 Å². The topological polar surface area (TPSA) is 40.5 Å². The minimum absolute atomic E-state index is 0.323. The molecule has 0 aliphatic carbocycles. The number of carbonyl (C=O) groups is 1. The Balaban J connectivity index is 1.75. The van der Waals surface area contributed by atoms with Crippen molar-refractivity contribution in [1.82, 2.24) is 4.57 Å². The van der Waals surface area contributed by atoms with Gasteiger partial charge >= 0.3 is 5.97 Å². The molecule has 0 fully saturated rings. The quantitative estimate of drug-likeness (QED) is 0.673. The van der Waals surface area contributed by atoms with Crippen LogP contribution < -0.4 is 4.74 Å². The molecular weight excluding hydrogens is 290 g/mol. The first kappa shape index (κ1) is 15.2. The Morgan fingerprint density at radius 3 is 2.74 bits per heavy atom. The summed E-state index contributed by atoms with van der Waals surface area (Å²) in [6, 6.07) is 15.6. The molecule has 3 aromatic rings. The van der Waals surface area contributed by atoms with Crippen molar-refractivity contribution < 1.29 is 14.3 Å². The minimum atomic E-state index is -0.323. The predicted molar refractivity (Wildman–Crippen MR) is 90.0 cm³/mol. The molecule has 4 heteroatoms. The van der Waals surface area contributed by atoms with E-state index in [0.717, 1.165) is 22.2 Å². The molecule has 23 heavy (non-hydrogen) atoms. The summed E-state index contributed by atoms with van der Waals surface area (Å²) in [5.74, 6) is 0.579. The summed E-state index contributed by atoms with van der Waals surface area (Å²) in [4.78, 5) is 11.7. The zero-order chi connectivity index (χ0) is 16.2. The molecule has 0 aliphatic rings. The van der Waals surface area contributed by atoms with Crippen LogP contribution in [0.15, 0.2) is 54.7 Å². The van der Waals surface area contributed by atoms with Crippen molar-refractivity contribution >= 4 is 16.9 Å². The number of rotatable bonds is 5. The standard InChI is InChI=1S/C19H19NO3/c1-14-5-3-4-6-18(14)23-12-11-20-10-9-15-7-8-16(13-17(15)20)19(21)22-2/h3-10,13H,11-12H2,1-2H3. The number of hydrogen-bond donors (Lipinski definition) is 0. The van der Waals surface area contributed by atoms with E-state index in [1.807, 2.05) is 55.6 Å². The van der Waals surface area contributed by atoms with Gasteiger partial charge in [-0.15, -0.1) is 0 Å². The number of hydrogen-bond acceptors (Lipinski definition) is 3. The Morgan fingerprint density at radius 2 is 1.96 bits per heavy atom. The lowest BCUT2D eigenvalue weighted by Gasteiger charge is -2.10. The van der Waals surface area contributed by atoms with Gasteiger partial charge in [0.05, 0.1) is 19.2 Å². The van der Waals surface area contributed by atoms with E-state index < -0.39 is 0 Å². The molecule has 0 N–H and O–H groups in total. The van der Waals surface area contributed by atoms with Crippen molar-refractivity contribution in [2.24, 2.45) is 0 Å². The summed E-state index contributed by atoms with van der Waals surface area (Å²) in [5.41, 5.74) is 2.68. The normalized spacial score (nSPS) is 10.7. The summed E-state index contributed by atoms with van der Waals surface area (Å²) in [6.07, 6.45) is 2.01. The van der Waals surface area contributed by atoms with Gasteiger partial charge in [0, 0.05) is 11.7 Å². The van der Waals surface area contributed by atoms with Crippen LogP contribution in [0, 0.1) is 6.92 Å². The van der Waals surface area contributed by atoms with E-state index in [1.165, 1.54) is 7.11 Å².